The number of hydrogen-bond acceptors (Lipinski definition) is 5. The summed E-state index contributed by atoms with van der Waals surface area (Å²) in [6.07, 6.45) is 0. The number of carbonyl (C=O) groups excluding carboxylic acids is 1. The van der Waals surface area contributed by atoms with Gasteiger partial charge in [0.1, 0.15) is 0 Å². The fraction of sp³-hybridized carbons (Fsp3) is 0.130. The Hall–Kier alpha value is -3.51. The first-order chi connectivity index (χ1) is 14.5. The zero-order valence-electron chi connectivity index (χ0n) is 16.2. The molecule has 0 heterocycles. The molecule has 0 unspecified atom stereocenters. The van der Waals surface area contributed by atoms with Crippen molar-refractivity contribution in [3.63, 3.8) is 0 Å². The number of aromatic carboxylic acids is 1. The summed E-state index contributed by atoms with van der Waals surface area (Å²) in [6.45, 7) is 2.69. The van der Waals surface area contributed by atoms with Crippen LogP contribution >= 0.6 is 11.6 Å². The van der Waals surface area contributed by atoms with E-state index in [2.05, 4.69) is 5.32 Å². The highest BCUT2D eigenvalue weighted by Crippen LogP contribution is 2.30. The van der Waals surface area contributed by atoms with E-state index in [0.717, 1.165) is 5.56 Å². The molecule has 0 aliphatic heterocycles. The third kappa shape index (κ3) is 5.52. The summed E-state index contributed by atoms with van der Waals surface area (Å²) in [6, 6.07) is 18.2. The quantitative estimate of drug-likeness (QED) is 0.378. The lowest BCUT2D eigenvalue weighted by Crippen LogP contribution is -2.10. The molecule has 0 aliphatic carbocycles. The normalized spacial score (nSPS) is 10.3. The highest BCUT2D eigenvalue weighted by molar-refractivity contribution is 6.30. The molecule has 0 amide bonds. The molecule has 3 aromatic carbocycles. The van der Waals surface area contributed by atoms with Crippen molar-refractivity contribution in [3.05, 3.63) is 88.4 Å². The summed E-state index contributed by atoms with van der Waals surface area (Å²) in [5.41, 5.74) is 2.15. The number of carboxylic acid groups (broad SMARTS) is 1. The molecule has 0 saturated heterocycles. The first kappa shape index (κ1) is 21.2. The average Bonchev–Trinajstić information content (AvgIpc) is 2.74. The van der Waals surface area contributed by atoms with E-state index >= 15 is 0 Å². The van der Waals surface area contributed by atoms with Crippen LogP contribution in [0.5, 0.6) is 11.5 Å². The van der Waals surface area contributed by atoms with Crippen molar-refractivity contribution in [2.45, 2.75) is 13.5 Å². The predicted molar refractivity (Wildman–Crippen MR) is 115 cm³/mol. The number of esters is 1. The van der Waals surface area contributed by atoms with E-state index in [4.69, 9.17) is 26.2 Å². The number of ether oxygens (including phenoxy) is 2. The second-order valence-corrected chi connectivity index (χ2v) is 6.79. The van der Waals surface area contributed by atoms with Crippen LogP contribution in [0.4, 0.5) is 5.69 Å². The number of hydrogen-bond donors (Lipinski definition) is 2. The number of halogens is 1. The van der Waals surface area contributed by atoms with Crippen molar-refractivity contribution in [2.24, 2.45) is 0 Å². The molecule has 0 bridgehead atoms. The highest BCUT2D eigenvalue weighted by atomic mass is 35.5. The van der Waals surface area contributed by atoms with Gasteiger partial charge in [-0.1, -0.05) is 23.7 Å². The summed E-state index contributed by atoms with van der Waals surface area (Å²) < 4.78 is 11.1. The van der Waals surface area contributed by atoms with Gasteiger partial charge in [0.25, 0.3) is 0 Å². The van der Waals surface area contributed by atoms with Crippen LogP contribution in [-0.4, -0.2) is 23.7 Å². The van der Waals surface area contributed by atoms with Gasteiger partial charge in [-0.2, -0.15) is 0 Å². The zero-order chi connectivity index (χ0) is 21.5. The molecule has 0 radical (unpaired) electrons. The minimum atomic E-state index is -0.982. The van der Waals surface area contributed by atoms with E-state index in [-0.39, 0.29) is 5.56 Å². The number of carbonyl (C=O) groups is 2. The minimum Gasteiger partial charge on any atom is -0.490 e. The van der Waals surface area contributed by atoms with Gasteiger partial charge in [0.05, 0.1) is 17.7 Å². The van der Waals surface area contributed by atoms with E-state index in [1.165, 1.54) is 6.07 Å². The van der Waals surface area contributed by atoms with Gasteiger partial charge in [-0.3, -0.25) is 0 Å². The number of benzene rings is 3. The van der Waals surface area contributed by atoms with Crippen LogP contribution in [0.3, 0.4) is 0 Å². The van der Waals surface area contributed by atoms with Gasteiger partial charge in [0.15, 0.2) is 11.5 Å². The molecular weight excluding hydrogens is 406 g/mol. The van der Waals surface area contributed by atoms with Crippen molar-refractivity contribution in [1.29, 1.82) is 0 Å². The van der Waals surface area contributed by atoms with E-state index in [1.54, 1.807) is 60.7 Å². The first-order valence-electron chi connectivity index (χ1n) is 9.27. The van der Waals surface area contributed by atoms with Gasteiger partial charge in [-0.25, -0.2) is 9.59 Å². The molecule has 3 rings (SSSR count). The lowest BCUT2D eigenvalue weighted by atomic mass is 10.1. The third-order valence-electron chi connectivity index (χ3n) is 4.20. The van der Waals surface area contributed by atoms with Crippen LogP contribution in [-0.2, 0) is 6.54 Å². The Kier molecular flexibility index (Phi) is 6.93. The lowest BCUT2D eigenvalue weighted by Gasteiger charge is -2.13. The number of rotatable bonds is 8. The van der Waals surface area contributed by atoms with Crippen LogP contribution in [0.2, 0.25) is 5.02 Å². The summed E-state index contributed by atoms with van der Waals surface area (Å²) in [5, 5.41) is 12.8. The van der Waals surface area contributed by atoms with Crippen molar-refractivity contribution in [3.8, 4) is 11.5 Å². The Balaban J connectivity index is 1.72. The van der Waals surface area contributed by atoms with Gasteiger partial charge in [-0.15, -0.1) is 0 Å². The molecule has 30 heavy (non-hydrogen) atoms. The van der Waals surface area contributed by atoms with E-state index < -0.39 is 11.9 Å². The monoisotopic (exact) mass is 425 g/mol. The minimum absolute atomic E-state index is 0.208. The second kappa shape index (κ2) is 9.80. The SMILES string of the molecule is CCOc1cc(CNc2cccc(C(=O)O)c2)ccc1OC(=O)c1ccc(Cl)cc1. The van der Waals surface area contributed by atoms with Gasteiger partial charge in [-0.05, 0) is 67.1 Å². The van der Waals surface area contributed by atoms with Crippen molar-refractivity contribution in [1.82, 2.24) is 0 Å². The molecular formula is C23H20ClNO5. The second-order valence-electron chi connectivity index (χ2n) is 6.35. The van der Waals surface area contributed by atoms with E-state index in [0.29, 0.717) is 40.9 Å². The third-order valence-corrected chi connectivity index (χ3v) is 4.45. The molecule has 0 saturated carbocycles. The smallest absolute Gasteiger partial charge is 0.343 e. The fourth-order valence-electron chi connectivity index (χ4n) is 2.73. The average molecular weight is 426 g/mol. The maximum atomic E-state index is 12.4. The van der Waals surface area contributed by atoms with Gasteiger partial charge in [0, 0.05) is 17.3 Å². The standard InChI is InChI=1S/C23H20ClNO5/c1-2-29-21-12-15(14-25-19-5-3-4-17(13-19)22(26)27)6-11-20(21)30-23(28)16-7-9-18(24)10-8-16/h3-13,25H,2,14H2,1H3,(H,26,27). The molecule has 0 fully saturated rings. The molecule has 3 aromatic rings. The summed E-state index contributed by atoms with van der Waals surface area (Å²) in [5.74, 6) is -0.736. The Bertz CT molecular complexity index is 1050. The first-order valence-corrected chi connectivity index (χ1v) is 9.64. The highest BCUT2D eigenvalue weighted by Gasteiger charge is 2.13. The van der Waals surface area contributed by atoms with Crippen LogP contribution < -0.4 is 14.8 Å². The fourth-order valence-corrected chi connectivity index (χ4v) is 2.85. The topological polar surface area (TPSA) is 84.9 Å². The Morgan fingerprint density at radius 1 is 0.967 bits per heavy atom. The van der Waals surface area contributed by atoms with Gasteiger partial charge < -0.3 is 19.9 Å². The van der Waals surface area contributed by atoms with Crippen LogP contribution in [0.25, 0.3) is 0 Å². The van der Waals surface area contributed by atoms with Gasteiger partial charge >= 0.3 is 11.9 Å². The molecule has 0 aromatic heterocycles. The Labute approximate surface area is 179 Å². The largest absolute Gasteiger partial charge is 0.490 e. The summed E-state index contributed by atoms with van der Waals surface area (Å²) in [4.78, 5) is 23.5. The Morgan fingerprint density at radius 2 is 1.73 bits per heavy atom. The van der Waals surface area contributed by atoms with Crippen molar-refractivity contribution in [2.75, 3.05) is 11.9 Å². The predicted octanol–water partition coefficient (Wildman–Crippen LogP) is 5.27. The lowest BCUT2D eigenvalue weighted by molar-refractivity contribution is 0.0694. The zero-order valence-corrected chi connectivity index (χ0v) is 17.0. The van der Waals surface area contributed by atoms with Crippen molar-refractivity contribution >= 4 is 29.2 Å². The maximum absolute atomic E-state index is 12.4. The number of carboxylic acids is 1. The molecule has 0 atom stereocenters. The Morgan fingerprint density at radius 3 is 2.43 bits per heavy atom. The molecule has 2 N–H and O–H groups in total. The van der Waals surface area contributed by atoms with Crippen molar-refractivity contribution < 1.29 is 24.2 Å². The number of nitrogens with one attached hydrogen (secondary N) is 1. The van der Waals surface area contributed by atoms with E-state index in [1.807, 2.05) is 6.92 Å². The van der Waals surface area contributed by atoms with Crippen LogP contribution in [0.15, 0.2) is 66.7 Å². The molecule has 0 spiro atoms. The van der Waals surface area contributed by atoms with Crippen LogP contribution in [0, 0.1) is 0 Å². The summed E-state index contributed by atoms with van der Waals surface area (Å²) in [7, 11) is 0. The molecule has 154 valence electrons. The number of anilines is 1. The molecule has 7 heteroatoms. The van der Waals surface area contributed by atoms with E-state index in [9.17, 15) is 9.59 Å². The summed E-state index contributed by atoms with van der Waals surface area (Å²) >= 11 is 5.85. The van der Waals surface area contributed by atoms with Gasteiger partial charge in [0.2, 0.25) is 0 Å². The molecule has 6 nitrogen and oxygen atoms in total. The van der Waals surface area contributed by atoms with Crippen LogP contribution in [0.1, 0.15) is 33.2 Å². The maximum Gasteiger partial charge on any atom is 0.343 e. The molecule has 0 aliphatic rings.